The molecule has 0 aliphatic rings. The molecule has 1 amide bonds. The third-order valence-corrected chi connectivity index (χ3v) is 3.67. The highest BCUT2D eigenvalue weighted by Gasteiger charge is 2.15. The molecular formula is C15H13Cl2N3O3. The van der Waals surface area contributed by atoms with Gasteiger partial charge in [-0.25, -0.2) is 9.78 Å². The van der Waals surface area contributed by atoms with E-state index >= 15 is 0 Å². The van der Waals surface area contributed by atoms with Crippen molar-refractivity contribution in [1.82, 2.24) is 14.9 Å². The number of nitrogens with zero attached hydrogens (tertiary/aromatic N) is 3. The number of esters is 1. The van der Waals surface area contributed by atoms with Crippen LogP contribution in [0.5, 0.6) is 0 Å². The van der Waals surface area contributed by atoms with Gasteiger partial charge in [-0.1, -0.05) is 29.3 Å². The van der Waals surface area contributed by atoms with Crippen LogP contribution in [-0.4, -0.2) is 40.4 Å². The number of halogens is 2. The van der Waals surface area contributed by atoms with Crippen LogP contribution in [0.4, 0.5) is 0 Å². The number of benzene rings is 1. The first-order chi connectivity index (χ1) is 11.0. The number of hydrogen-bond donors (Lipinski definition) is 0. The van der Waals surface area contributed by atoms with Crippen molar-refractivity contribution in [3.8, 4) is 0 Å². The Bertz CT molecular complexity index is 710. The largest absolute Gasteiger partial charge is 0.451 e. The van der Waals surface area contributed by atoms with Crippen molar-refractivity contribution in [2.45, 2.75) is 6.54 Å². The zero-order valence-corrected chi connectivity index (χ0v) is 13.7. The number of hydrogen-bond acceptors (Lipinski definition) is 5. The van der Waals surface area contributed by atoms with Crippen molar-refractivity contribution in [2.24, 2.45) is 0 Å². The molecule has 0 aliphatic carbocycles. The molecule has 23 heavy (non-hydrogen) atoms. The summed E-state index contributed by atoms with van der Waals surface area (Å²) >= 11 is 11.8. The van der Waals surface area contributed by atoms with Crippen LogP contribution in [-0.2, 0) is 16.1 Å². The summed E-state index contributed by atoms with van der Waals surface area (Å²) in [6.45, 7) is -0.0638. The lowest BCUT2D eigenvalue weighted by Crippen LogP contribution is -2.31. The molecule has 6 nitrogen and oxygen atoms in total. The minimum atomic E-state index is -0.700. The van der Waals surface area contributed by atoms with Crippen LogP contribution >= 0.6 is 23.2 Å². The van der Waals surface area contributed by atoms with Gasteiger partial charge in [0.25, 0.3) is 5.91 Å². The summed E-state index contributed by atoms with van der Waals surface area (Å²) in [5.41, 5.74) is 0.864. The Kier molecular flexibility index (Phi) is 5.90. The highest BCUT2D eigenvalue weighted by Crippen LogP contribution is 2.23. The molecule has 0 N–H and O–H groups in total. The summed E-state index contributed by atoms with van der Waals surface area (Å²) in [6, 6.07) is 5.11. The van der Waals surface area contributed by atoms with Crippen molar-refractivity contribution in [3.05, 3.63) is 58.1 Å². The first-order valence-electron chi connectivity index (χ1n) is 6.58. The molecule has 0 saturated carbocycles. The fourth-order valence-electron chi connectivity index (χ4n) is 1.72. The fourth-order valence-corrected chi connectivity index (χ4v) is 2.04. The Morgan fingerprint density at radius 1 is 1.22 bits per heavy atom. The minimum absolute atomic E-state index is 0.0486. The molecule has 1 aromatic heterocycles. The number of rotatable bonds is 5. The van der Waals surface area contributed by atoms with Crippen LogP contribution in [0.1, 0.15) is 16.1 Å². The quantitative estimate of drug-likeness (QED) is 0.772. The number of ether oxygens (including phenoxy) is 1. The van der Waals surface area contributed by atoms with E-state index in [0.717, 1.165) is 5.56 Å². The molecule has 8 heteroatoms. The van der Waals surface area contributed by atoms with Gasteiger partial charge in [-0.05, 0) is 17.7 Å². The van der Waals surface area contributed by atoms with E-state index in [0.29, 0.717) is 16.6 Å². The van der Waals surface area contributed by atoms with E-state index in [1.807, 2.05) is 0 Å². The van der Waals surface area contributed by atoms with Crippen molar-refractivity contribution in [2.75, 3.05) is 13.7 Å². The number of carbonyl (C=O) groups excluding carboxylic acids is 2. The van der Waals surface area contributed by atoms with Gasteiger partial charge in [-0.15, -0.1) is 0 Å². The molecule has 2 rings (SSSR count). The molecule has 120 valence electrons. The average molecular weight is 354 g/mol. The number of likely N-dealkylation sites (N-methyl/N-ethyl adjacent to an activating group) is 1. The second kappa shape index (κ2) is 7.89. The lowest BCUT2D eigenvalue weighted by atomic mass is 10.2. The Morgan fingerprint density at radius 3 is 2.65 bits per heavy atom. The monoisotopic (exact) mass is 353 g/mol. The zero-order chi connectivity index (χ0) is 16.8. The highest BCUT2D eigenvalue weighted by atomic mass is 35.5. The third-order valence-electron chi connectivity index (χ3n) is 2.93. The lowest BCUT2D eigenvalue weighted by Gasteiger charge is -2.17. The molecule has 0 saturated heterocycles. The summed E-state index contributed by atoms with van der Waals surface area (Å²) < 4.78 is 4.91. The first-order valence-corrected chi connectivity index (χ1v) is 7.34. The molecule has 2 aromatic rings. The topological polar surface area (TPSA) is 72.4 Å². The van der Waals surface area contributed by atoms with Crippen LogP contribution in [0.15, 0.2) is 36.8 Å². The summed E-state index contributed by atoms with van der Waals surface area (Å²) in [6.07, 6.45) is 4.08. The second-order valence-electron chi connectivity index (χ2n) is 4.67. The standard InChI is InChI=1S/C15H13Cl2N3O3/c1-20(8-10-2-3-11(16)12(17)6-10)14(21)9-23-15(22)13-7-18-4-5-19-13/h2-7H,8-9H2,1H3. The lowest BCUT2D eigenvalue weighted by molar-refractivity contribution is -0.133. The molecular weight excluding hydrogens is 341 g/mol. The van der Waals surface area contributed by atoms with E-state index in [-0.39, 0.29) is 18.2 Å². The predicted octanol–water partition coefficient (Wildman–Crippen LogP) is 2.60. The van der Waals surface area contributed by atoms with Gasteiger partial charge in [0, 0.05) is 26.0 Å². The maximum absolute atomic E-state index is 12.0. The maximum atomic E-state index is 12.0. The van der Waals surface area contributed by atoms with Gasteiger partial charge in [0.05, 0.1) is 16.2 Å². The van der Waals surface area contributed by atoms with Gasteiger partial charge in [-0.3, -0.25) is 9.78 Å². The Balaban J connectivity index is 1.87. The van der Waals surface area contributed by atoms with E-state index in [1.165, 1.54) is 23.5 Å². The number of carbonyl (C=O) groups is 2. The summed E-state index contributed by atoms with van der Waals surface area (Å²) in [5, 5.41) is 0.862. The van der Waals surface area contributed by atoms with Crippen LogP contribution in [0.3, 0.4) is 0 Å². The molecule has 0 bridgehead atoms. The molecule has 0 aliphatic heterocycles. The highest BCUT2D eigenvalue weighted by molar-refractivity contribution is 6.42. The van der Waals surface area contributed by atoms with Crippen LogP contribution in [0.25, 0.3) is 0 Å². The molecule has 0 atom stereocenters. The Labute approximate surface area is 143 Å². The van der Waals surface area contributed by atoms with E-state index in [4.69, 9.17) is 27.9 Å². The van der Waals surface area contributed by atoms with E-state index in [2.05, 4.69) is 9.97 Å². The molecule has 0 radical (unpaired) electrons. The van der Waals surface area contributed by atoms with Gasteiger partial charge in [-0.2, -0.15) is 0 Å². The first kappa shape index (κ1) is 17.2. The third kappa shape index (κ3) is 4.91. The van der Waals surface area contributed by atoms with E-state index in [9.17, 15) is 9.59 Å². The van der Waals surface area contributed by atoms with Crippen LogP contribution in [0.2, 0.25) is 10.0 Å². The van der Waals surface area contributed by atoms with E-state index < -0.39 is 5.97 Å². The Morgan fingerprint density at radius 2 is 2.00 bits per heavy atom. The number of aromatic nitrogens is 2. The van der Waals surface area contributed by atoms with Gasteiger partial charge < -0.3 is 9.64 Å². The number of amides is 1. The SMILES string of the molecule is CN(Cc1ccc(Cl)c(Cl)c1)C(=O)COC(=O)c1cnccn1. The van der Waals surface area contributed by atoms with Gasteiger partial charge in [0.1, 0.15) is 0 Å². The Hall–Kier alpha value is -2.18. The normalized spacial score (nSPS) is 10.2. The smallest absolute Gasteiger partial charge is 0.359 e. The average Bonchev–Trinajstić information content (AvgIpc) is 2.56. The summed E-state index contributed by atoms with van der Waals surface area (Å²) in [7, 11) is 1.60. The van der Waals surface area contributed by atoms with Crippen molar-refractivity contribution in [3.63, 3.8) is 0 Å². The minimum Gasteiger partial charge on any atom is -0.451 e. The predicted molar refractivity (Wildman–Crippen MR) is 85.3 cm³/mol. The molecule has 1 aromatic carbocycles. The van der Waals surface area contributed by atoms with Gasteiger partial charge in [0.15, 0.2) is 12.3 Å². The maximum Gasteiger partial charge on any atom is 0.359 e. The van der Waals surface area contributed by atoms with Crippen LogP contribution < -0.4 is 0 Å². The van der Waals surface area contributed by atoms with Gasteiger partial charge in [0.2, 0.25) is 0 Å². The van der Waals surface area contributed by atoms with Gasteiger partial charge >= 0.3 is 5.97 Å². The fraction of sp³-hybridized carbons (Fsp3) is 0.200. The molecule has 0 unspecified atom stereocenters. The van der Waals surface area contributed by atoms with Crippen molar-refractivity contribution in [1.29, 1.82) is 0 Å². The molecule has 0 fully saturated rings. The van der Waals surface area contributed by atoms with Crippen LogP contribution in [0, 0.1) is 0 Å². The summed E-state index contributed by atoms with van der Waals surface area (Å²) in [4.78, 5) is 32.6. The van der Waals surface area contributed by atoms with Crippen molar-refractivity contribution < 1.29 is 14.3 Å². The molecule has 0 spiro atoms. The zero-order valence-electron chi connectivity index (χ0n) is 12.2. The van der Waals surface area contributed by atoms with Crippen molar-refractivity contribution >= 4 is 35.1 Å². The summed E-state index contributed by atoms with van der Waals surface area (Å²) in [5.74, 6) is -1.05. The molecule has 1 heterocycles. The van der Waals surface area contributed by atoms with E-state index in [1.54, 1.807) is 25.2 Å². The second-order valence-corrected chi connectivity index (χ2v) is 5.48.